The molecule has 0 heterocycles. The SMILES string of the molecule is Cc1cc(Br)cc(C)c1NCc1ccc(C#N)cc1. The average Bonchev–Trinajstić information content (AvgIpc) is 2.38. The average molecular weight is 315 g/mol. The molecule has 0 atom stereocenters. The quantitative estimate of drug-likeness (QED) is 0.902. The molecule has 0 radical (unpaired) electrons. The Morgan fingerprint density at radius 3 is 2.21 bits per heavy atom. The van der Waals surface area contributed by atoms with Crippen molar-refractivity contribution in [2.24, 2.45) is 0 Å². The highest BCUT2D eigenvalue weighted by atomic mass is 79.9. The maximum atomic E-state index is 8.77. The van der Waals surface area contributed by atoms with Crippen LogP contribution >= 0.6 is 15.9 Å². The first kappa shape index (κ1) is 13.6. The van der Waals surface area contributed by atoms with Gasteiger partial charge in [0.15, 0.2) is 0 Å². The van der Waals surface area contributed by atoms with Crippen molar-refractivity contribution in [3.05, 3.63) is 63.1 Å². The molecular weight excluding hydrogens is 300 g/mol. The van der Waals surface area contributed by atoms with Crippen molar-refractivity contribution in [3.63, 3.8) is 0 Å². The van der Waals surface area contributed by atoms with Gasteiger partial charge in [0.2, 0.25) is 0 Å². The third kappa shape index (κ3) is 3.36. The number of nitrogens with one attached hydrogen (secondary N) is 1. The Balaban J connectivity index is 2.12. The zero-order valence-corrected chi connectivity index (χ0v) is 12.6. The Morgan fingerprint density at radius 2 is 1.68 bits per heavy atom. The Bertz CT molecular complexity index is 601. The van der Waals surface area contributed by atoms with Gasteiger partial charge in [0.1, 0.15) is 0 Å². The number of halogens is 1. The van der Waals surface area contributed by atoms with Gasteiger partial charge in [-0.1, -0.05) is 28.1 Å². The third-order valence-corrected chi connectivity index (χ3v) is 3.51. The first-order chi connectivity index (χ1) is 9.10. The molecule has 19 heavy (non-hydrogen) atoms. The molecule has 0 spiro atoms. The van der Waals surface area contributed by atoms with Gasteiger partial charge in [-0.3, -0.25) is 0 Å². The molecule has 2 rings (SSSR count). The summed E-state index contributed by atoms with van der Waals surface area (Å²) in [5.74, 6) is 0. The van der Waals surface area contributed by atoms with Crippen LogP contribution in [-0.2, 0) is 6.54 Å². The fourth-order valence-corrected chi connectivity index (χ4v) is 2.76. The zero-order chi connectivity index (χ0) is 13.8. The summed E-state index contributed by atoms with van der Waals surface area (Å²) in [7, 11) is 0. The Labute approximate surface area is 122 Å². The molecule has 0 aliphatic rings. The number of nitrogens with zero attached hydrogens (tertiary/aromatic N) is 1. The van der Waals surface area contributed by atoms with E-state index in [9.17, 15) is 0 Å². The van der Waals surface area contributed by atoms with Gasteiger partial charge in [0.05, 0.1) is 11.6 Å². The van der Waals surface area contributed by atoms with Gasteiger partial charge in [-0.25, -0.2) is 0 Å². The number of hydrogen-bond donors (Lipinski definition) is 1. The van der Waals surface area contributed by atoms with Crippen molar-refractivity contribution >= 4 is 21.6 Å². The Morgan fingerprint density at radius 1 is 1.11 bits per heavy atom. The standard InChI is InChI=1S/C16H15BrN2/c1-11-7-15(17)8-12(2)16(11)19-10-14-5-3-13(9-18)4-6-14/h3-8,19H,10H2,1-2H3. The summed E-state index contributed by atoms with van der Waals surface area (Å²) >= 11 is 3.50. The second-order valence-corrected chi connectivity index (χ2v) is 5.49. The molecule has 96 valence electrons. The molecule has 0 saturated heterocycles. The first-order valence-corrected chi connectivity index (χ1v) is 6.89. The fourth-order valence-electron chi connectivity index (χ4n) is 2.08. The van der Waals surface area contributed by atoms with Crippen LogP contribution in [0, 0.1) is 25.2 Å². The molecule has 0 aliphatic carbocycles. The van der Waals surface area contributed by atoms with Crippen LogP contribution in [0.3, 0.4) is 0 Å². The van der Waals surface area contributed by atoms with E-state index in [4.69, 9.17) is 5.26 Å². The van der Waals surface area contributed by atoms with Crippen LogP contribution in [0.1, 0.15) is 22.3 Å². The van der Waals surface area contributed by atoms with Crippen molar-refractivity contribution in [2.75, 3.05) is 5.32 Å². The molecule has 2 aromatic carbocycles. The summed E-state index contributed by atoms with van der Waals surface area (Å²) in [5, 5.41) is 12.2. The lowest BCUT2D eigenvalue weighted by molar-refractivity contribution is 1.13. The van der Waals surface area contributed by atoms with Gasteiger partial charge in [0, 0.05) is 16.7 Å². The summed E-state index contributed by atoms with van der Waals surface area (Å²) in [6, 6.07) is 14.0. The summed E-state index contributed by atoms with van der Waals surface area (Å²) in [4.78, 5) is 0. The van der Waals surface area contributed by atoms with E-state index in [0.717, 1.165) is 11.0 Å². The molecule has 2 nitrogen and oxygen atoms in total. The highest BCUT2D eigenvalue weighted by Gasteiger charge is 2.04. The van der Waals surface area contributed by atoms with Crippen LogP contribution in [0.15, 0.2) is 40.9 Å². The van der Waals surface area contributed by atoms with E-state index in [1.807, 2.05) is 24.3 Å². The highest BCUT2D eigenvalue weighted by molar-refractivity contribution is 9.10. The lowest BCUT2D eigenvalue weighted by Gasteiger charge is -2.13. The molecule has 0 saturated carbocycles. The smallest absolute Gasteiger partial charge is 0.0991 e. The summed E-state index contributed by atoms with van der Waals surface area (Å²) in [5.41, 5.74) is 5.48. The van der Waals surface area contributed by atoms with E-state index in [2.05, 4.69) is 53.3 Å². The molecule has 0 fully saturated rings. The van der Waals surface area contributed by atoms with E-state index in [0.29, 0.717) is 5.56 Å². The molecule has 1 N–H and O–H groups in total. The van der Waals surface area contributed by atoms with Crippen molar-refractivity contribution in [2.45, 2.75) is 20.4 Å². The van der Waals surface area contributed by atoms with Gasteiger partial charge in [-0.05, 0) is 54.8 Å². The van der Waals surface area contributed by atoms with Crippen LogP contribution in [0.2, 0.25) is 0 Å². The summed E-state index contributed by atoms with van der Waals surface area (Å²) in [6.07, 6.45) is 0. The van der Waals surface area contributed by atoms with E-state index in [1.165, 1.54) is 22.4 Å². The highest BCUT2D eigenvalue weighted by Crippen LogP contribution is 2.25. The summed E-state index contributed by atoms with van der Waals surface area (Å²) in [6.45, 7) is 4.95. The van der Waals surface area contributed by atoms with Gasteiger partial charge < -0.3 is 5.32 Å². The fraction of sp³-hybridized carbons (Fsp3) is 0.188. The van der Waals surface area contributed by atoms with Crippen LogP contribution in [0.25, 0.3) is 0 Å². The Hall–Kier alpha value is -1.79. The zero-order valence-electron chi connectivity index (χ0n) is 11.0. The van der Waals surface area contributed by atoms with E-state index in [-0.39, 0.29) is 0 Å². The topological polar surface area (TPSA) is 35.8 Å². The molecule has 0 amide bonds. The number of hydrogen-bond acceptors (Lipinski definition) is 2. The minimum absolute atomic E-state index is 0.694. The van der Waals surface area contributed by atoms with E-state index >= 15 is 0 Å². The van der Waals surface area contributed by atoms with Gasteiger partial charge in [-0.2, -0.15) is 5.26 Å². The molecule has 0 bridgehead atoms. The lowest BCUT2D eigenvalue weighted by atomic mass is 10.1. The molecule has 0 aromatic heterocycles. The number of nitriles is 1. The maximum absolute atomic E-state index is 8.77. The number of aryl methyl sites for hydroxylation is 2. The van der Waals surface area contributed by atoms with Crippen molar-refractivity contribution in [1.82, 2.24) is 0 Å². The van der Waals surface area contributed by atoms with E-state index < -0.39 is 0 Å². The van der Waals surface area contributed by atoms with Gasteiger partial charge >= 0.3 is 0 Å². The lowest BCUT2D eigenvalue weighted by Crippen LogP contribution is -2.03. The predicted molar refractivity (Wildman–Crippen MR) is 82.1 cm³/mol. The van der Waals surface area contributed by atoms with Crippen LogP contribution in [-0.4, -0.2) is 0 Å². The normalized spacial score (nSPS) is 10.0. The van der Waals surface area contributed by atoms with Crippen LogP contribution in [0.4, 0.5) is 5.69 Å². The summed E-state index contributed by atoms with van der Waals surface area (Å²) < 4.78 is 1.10. The van der Waals surface area contributed by atoms with Crippen molar-refractivity contribution in [1.29, 1.82) is 5.26 Å². The monoisotopic (exact) mass is 314 g/mol. The second kappa shape index (κ2) is 5.90. The number of anilines is 1. The molecular formula is C16H15BrN2. The maximum Gasteiger partial charge on any atom is 0.0991 e. The van der Waals surface area contributed by atoms with Gasteiger partial charge in [0.25, 0.3) is 0 Å². The number of benzene rings is 2. The van der Waals surface area contributed by atoms with Gasteiger partial charge in [-0.15, -0.1) is 0 Å². The minimum atomic E-state index is 0.694. The molecule has 0 aliphatic heterocycles. The van der Waals surface area contributed by atoms with Crippen molar-refractivity contribution in [3.8, 4) is 6.07 Å². The second-order valence-electron chi connectivity index (χ2n) is 4.58. The van der Waals surface area contributed by atoms with E-state index in [1.54, 1.807) is 0 Å². The number of rotatable bonds is 3. The molecule has 2 aromatic rings. The predicted octanol–water partition coefficient (Wildman–Crippen LogP) is 4.55. The van der Waals surface area contributed by atoms with Crippen molar-refractivity contribution < 1.29 is 0 Å². The molecule has 0 unspecified atom stereocenters. The third-order valence-electron chi connectivity index (χ3n) is 3.05. The minimum Gasteiger partial charge on any atom is -0.381 e. The van der Waals surface area contributed by atoms with Crippen LogP contribution in [0.5, 0.6) is 0 Å². The largest absolute Gasteiger partial charge is 0.381 e. The molecule has 3 heteroatoms. The Kier molecular flexibility index (Phi) is 4.24. The van der Waals surface area contributed by atoms with Crippen LogP contribution < -0.4 is 5.32 Å². The first-order valence-electron chi connectivity index (χ1n) is 6.10.